The third-order valence-electron chi connectivity index (χ3n) is 1.31. The predicted molar refractivity (Wildman–Crippen MR) is 51.6 cm³/mol. The molecule has 1 amide bonds. The number of terminal acetylenes is 1. The van der Waals surface area contributed by atoms with E-state index in [0.29, 0.717) is 10.2 Å². The topological polar surface area (TPSA) is 29.1 Å². The molecule has 0 saturated heterocycles. The van der Waals surface area contributed by atoms with E-state index in [1.807, 2.05) is 5.92 Å². The Balaban J connectivity index is 2.91. The first-order valence-electron chi connectivity index (χ1n) is 3.36. The molecular formula is C9H5BrFNO. The lowest BCUT2D eigenvalue weighted by Crippen LogP contribution is -2.08. The predicted octanol–water partition coefficient (Wildman–Crippen LogP) is 2.16. The summed E-state index contributed by atoms with van der Waals surface area (Å²) in [5.74, 6) is 0.944. The lowest BCUT2D eigenvalue weighted by atomic mass is 10.3. The number of anilines is 1. The van der Waals surface area contributed by atoms with Crippen LogP contribution < -0.4 is 5.32 Å². The molecule has 0 radical (unpaired) electrons. The van der Waals surface area contributed by atoms with E-state index in [9.17, 15) is 9.18 Å². The van der Waals surface area contributed by atoms with Crippen LogP contribution in [0.1, 0.15) is 0 Å². The molecule has 0 atom stereocenters. The summed E-state index contributed by atoms with van der Waals surface area (Å²) in [4.78, 5) is 10.8. The van der Waals surface area contributed by atoms with Crippen LogP contribution in [0.4, 0.5) is 10.1 Å². The first-order chi connectivity index (χ1) is 6.13. The summed E-state index contributed by atoms with van der Waals surface area (Å²) >= 11 is 3.08. The SMILES string of the molecule is C#CC(=O)Nc1ccc(F)cc1Br. The van der Waals surface area contributed by atoms with Crippen molar-refractivity contribution in [3.05, 3.63) is 28.5 Å². The van der Waals surface area contributed by atoms with Gasteiger partial charge in [-0.15, -0.1) is 6.42 Å². The number of carbonyl (C=O) groups excluding carboxylic acids is 1. The van der Waals surface area contributed by atoms with E-state index in [4.69, 9.17) is 6.42 Å². The summed E-state index contributed by atoms with van der Waals surface area (Å²) in [6.45, 7) is 0. The Morgan fingerprint density at radius 2 is 2.31 bits per heavy atom. The standard InChI is InChI=1S/C9H5BrFNO/c1-2-9(13)12-8-4-3-6(11)5-7(8)10/h1,3-5H,(H,12,13). The van der Waals surface area contributed by atoms with Gasteiger partial charge in [-0.25, -0.2) is 4.39 Å². The number of amides is 1. The smallest absolute Gasteiger partial charge is 0.300 e. The Morgan fingerprint density at radius 1 is 1.62 bits per heavy atom. The highest BCUT2D eigenvalue weighted by Gasteiger charge is 2.03. The Bertz CT molecular complexity index is 384. The number of carbonyl (C=O) groups is 1. The largest absolute Gasteiger partial charge is 0.314 e. The van der Waals surface area contributed by atoms with Crippen molar-refractivity contribution in [2.45, 2.75) is 0 Å². The summed E-state index contributed by atoms with van der Waals surface area (Å²) in [7, 11) is 0. The lowest BCUT2D eigenvalue weighted by Gasteiger charge is -2.03. The third kappa shape index (κ3) is 2.56. The molecule has 0 saturated carbocycles. The minimum atomic E-state index is -0.563. The fraction of sp³-hybridized carbons (Fsp3) is 0. The maximum Gasteiger partial charge on any atom is 0.300 e. The number of nitrogens with one attached hydrogen (secondary N) is 1. The molecule has 1 aromatic carbocycles. The van der Waals surface area contributed by atoms with Crippen molar-refractivity contribution < 1.29 is 9.18 Å². The highest BCUT2D eigenvalue weighted by molar-refractivity contribution is 9.10. The molecule has 0 bridgehead atoms. The molecule has 0 spiro atoms. The van der Waals surface area contributed by atoms with Crippen LogP contribution in [0.15, 0.2) is 22.7 Å². The van der Waals surface area contributed by atoms with Gasteiger partial charge in [-0.1, -0.05) is 0 Å². The molecule has 1 aromatic rings. The van der Waals surface area contributed by atoms with Gasteiger partial charge >= 0.3 is 0 Å². The van der Waals surface area contributed by atoms with E-state index in [1.165, 1.54) is 18.2 Å². The molecule has 0 fully saturated rings. The number of hydrogen-bond acceptors (Lipinski definition) is 1. The average molecular weight is 242 g/mol. The van der Waals surface area contributed by atoms with Crippen molar-refractivity contribution in [2.24, 2.45) is 0 Å². The molecule has 2 nitrogen and oxygen atoms in total. The molecule has 4 heteroatoms. The Kier molecular flexibility index (Phi) is 3.04. The minimum absolute atomic E-state index is 0.384. The van der Waals surface area contributed by atoms with Gasteiger partial charge in [-0.3, -0.25) is 4.79 Å². The molecule has 13 heavy (non-hydrogen) atoms. The zero-order valence-electron chi connectivity index (χ0n) is 6.47. The average Bonchev–Trinajstić information content (AvgIpc) is 2.09. The van der Waals surface area contributed by atoms with Crippen molar-refractivity contribution in [1.82, 2.24) is 0 Å². The van der Waals surface area contributed by atoms with E-state index in [-0.39, 0.29) is 5.82 Å². The summed E-state index contributed by atoms with van der Waals surface area (Å²) in [6.07, 6.45) is 4.85. The molecular weight excluding hydrogens is 237 g/mol. The summed E-state index contributed by atoms with van der Waals surface area (Å²) < 4.78 is 13.0. The van der Waals surface area contributed by atoms with Gasteiger partial charge in [-0.2, -0.15) is 0 Å². The first-order valence-corrected chi connectivity index (χ1v) is 4.15. The van der Waals surface area contributed by atoms with E-state index >= 15 is 0 Å². The Morgan fingerprint density at radius 3 is 2.85 bits per heavy atom. The lowest BCUT2D eigenvalue weighted by molar-refractivity contribution is -0.111. The number of rotatable bonds is 1. The van der Waals surface area contributed by atoms with Crippen LogP contribution in [0, 0.1) is 18.2 Å². The fourth-order valence-electron chi connectivity index (χ4n) is 0.749. The van der Waals surface area contributed by atoms with E-state index in [2.05, 4.69) is 21.2 Å². The van der Waals surface area contributed by atoms with Gasteiger partial charge < -0.3 is 5.32 Å². The number of halogens is 2. The molecule has 0 aliphatic rings. The molecule has 1 rings (SSSR count). The van der Waals surface area contributed by atoms with Gasteiger partial charge in [0.15, 0.2) is 0 Å². The van der Waals surface area contributed by atoms with Crippen LogP contribution in [-0.4, -0.2) is 5.91 Å². The second kappa shape index (κ2) is 4.06. The van der Waals surface area contributed by atoms with Gasteiger partial charge in [0.2, 0.25) is 0 Å². The van der Waals surface area contributed by atoms with Crippen LogP contribution in [-0.2, 0) is 4.79 Å². The maximum atomic E-state index is 12.6. The molecule has 0 aliphatic carbocycles. The molecule has 66 valence electrons. The molecule has 1 N–H and O–H groups in total. The second-order valence-electron chi connectivity index (χ2n) is 2.22. The molecule has 0 aromatic heterocycles. The highest BCUT2D eigenvalue weighted by atomic mass is 79.9. The van der Waals surface area contributed by atoms with E-state index in [1.54, 1.807) is 0 Å². The van der Waals surface area contributed by atoms with Crippen LogP contribution >= 0.6 is 15.9 Å². The van der Waals surface area contributed by atoms with Gasteiger partial charge in [0.25, 0.3) is 5.91 Å². The minimum Gasteiger partial charge on any atom is -0.314 e. The quantitative estimate of drug-likeness (QED) is 0.751. The zero-order chi connectivity index (χ0) is 9.84. The second-order valence-corrected chi connectivity index (χ2v) is 3.08. The Labute approximate surface area is 83.3 Å². The van der Waals surface area contributed by atoms with Gasteiger partial charge in [-0.05, 0) is 40.0 Å². The van der Waals surface area contributed by atoms with Crippen LogP contribution in [0.2, 0.25) is 0 Å². The molecule has 0 aliphatic heterocycles. The maximum absolute atomic E-state index is 12.6. The van der Waals surface area contributed by atoms with Crippen molar-refractivity contribution >= 4 is 27.5 Å². The van der Waals surface area contributed by atoms with Crippen LogP contribution in [0.5, 0.6) is 0 Å². The molecule has 0 heterocycles. The Hall–Kier alpha value is -1.34. The number of hydrogen-bond donors (Lipinski definition) is 1. The van der Waals surface area contributed by atoms with Gasteiger partial charge in [0.05, 0.1) is 5.69 Å². The summed E-state index contributed by atoms with van der Waals surface area (Å²) in [5.41, 5.74) is 0.448. The first kappa shape index (κ1) is 9.75. The molecule has 0 unspecified atom stereocenters. The summed E-state index contributed by atoms with van der Waals surface area (Å²) in [5, 5.41) is 2.40. The monoisotopic (exact) mass is 241 g/mol. The summed E-state index contributed by atoms with van der Waals surface area (Å²) in [6, 6.07) is 3.90. The van der Waals surface area contributed by atoms with Crippen molar-refractivity contribution in [2.75, 3.05) is 5.32 Å². The third-order valence-corrected chi connectivity index (χ3v) is 1.97. The van der Waals surface area contributed by atoms with Crippen LogP contribution in [0.3, 0.4) is 0 Å². The normalized spacial score (nSPS) is 9.00. The highest BCUT2D eigenvalue weighted by Crippen LogP contribution is 2.22. The van der Waals surface area contributed by atoms with Crippen LogP contribution in [0.25, 0.3) is 0 Å². The fourth-order valence-corrected chi connectivity index (χ4v) is 1.20. The van der Waals surface area contributed by atoms with Gasteiger partial charge in [0.1, 0.15) is 5.82 Å². The van der Waals surface area contributed by atoms with Crippen molar-refractivity contribution in [3.63, 3.8) is 0 Å². The zero-order valence-corrected chi connectivity index (χ0v) is 8.06. The van der Waals surface area contributed by atoms with Gasteiger partial charge in [0, 0.05) is 4.47 Å². The van der Waals surface area contributed by atoms with E-state index in [0.717, 1.165) is 0 Å². The number of benzene rings is 1. The van der Waals surface area contributed by atoms with E-state index < -0.39 is 5.91 Å². The van der Waals surface area contributed by atoms with Crippen molar-refractivity contribution in [3.8, 4) is 12.3 Å². The van der Waals surface area contributed by atoms with Crippen molar-refractivity contribution in [1.29, 1.82) is 0 Å².